The zero-order chi connectivity index (χ0) is 18.8. The Hall–Kier alpha value is -2.41. The molecule has 0 atom stereocenters. The molecule has 1 heterocycles. The maximum absolute atomic E-state index is 11.8. The average molecular weight is 361 g/mol. The molecule has 1 amide bonds. The highest BCUT2D eigenvalue weighted by Crippen LogP contribution is 2.19. The Balaban J connectivity index is 1.67. The zero-order valence-corrected chi connectivity index (χ0v) is 15.7. The molecule has 0 spiro atoms. The first-order chi connectivity index (χ1) is 12.6. The molecular weight excluding hydrogens is 334 g/mol. The summed E-state index contributed by atoms with van der Waals surface area (Å²) in [4.78, 5) is 16.2. The van der Waals surface area contributed by atoms with E-state index in [0.29, 0.717) is 43.6 Å². The Kier molecular flexibility index (Phi) is 8.08. The van der Waals surface area contributed by atoms with Crippen LogP contribution in [0.2, 0.25) is 0 Å². The van der Waals surface area contributed by atoms with Crippen LogP contribution in [0.3, 0.4) is 0 Å². The molecule has 7 nitrogen and oxygen atoms in total. The Morgan fingerprint density at radius 1 is 1.27 bits per heavy atom. The van der Waals surface area contributed by atoms with Gasteiger partial charge >= 0.3 is 0 Å². The second-order valence-electron chi connectivity index (χ2n) is 6.41. The number of carbonyl (C=O) groups is 1. The number of aryl methyl sites for hydroxylation is 1. The molecule has 0 aliphatic rings. The van der Waals surface area contributed by atoms with E-state index >= 15 is 0 Å². The van der Waals surface area contributed by atoms with E-state index in [1.165, 1.54) is 0 Å². The summed E-state index contributed by atoms with van der Waals surface area (Å²) in [5.41, 5.74) is 0.839. The summed E-state index contributed by atoms with van der Waals surface area (Å²) in [5, 5.41) is 6.82. The number of ether oxygens (including phenoxy) is 2. The summed E-state index contributed by atoms with van der Waals surface area (Å²) in [6.45, 7) is 6.24. The first-order valence-electron chi connectivity index (χ1n) is 8.90. The number of rotatable bonds is 11. The van der Waals surface area contributed by atoms with Gasteiger partial charge in [-0.25, -0.2) is 0 Å². The van der Waals surface area contributed by atoms with E-state index < -0.39 is 0 Å². The number of aromatic nitrogens is 2. The van der Waals surface area contributed by atoms with Crippen molar-refractivity contribution in [2.24, 2.45) is 5.92 Å². The van der Waals surface area contributed by atoms with Crippen molar-refractivity contribution < 1.29 is 18.8 Å². The predicted octanol–water partition coefficient (Wildman–Crippen LogP) is 2.86. The van der Waals surface area contributed by atoms with Crippen LogP contribution in [0.1, 0.15) is 32.6 Å². The molecule has 1 aromatic heterocycles. The first kappa shape index (κ1) is 19.9. The van der Waals surface area contributed by atoms with Crippen molar-refractivity contribution in [3.8, 4) is 17.1 Å². The molecule has 0 radical (unpaired) electrons. The van der Waals surface area contributed by atoms with Crippen LogP contribution in [0.4, 0.5) is 0 Å². The number of amides is 1. The number of carbonyl (C=O) groups excluding carboxylic acids is 1. The zero-order valence-electron chi connectivity index (χ0n) is 15.7. The van der Waals surface area contributed by atoms with Gasteiger partial charge in [0.15, 0.2) is 0 Å². The second-order valence-corrected chi connectivity index (χ2v) is 6.41. The van der Waals surface area contributed by atoms with E-state index in [2.05, 4.69) is 29.3 Å². The lowest BCUT2D eigenvalue weighted by atomic mass is 10.2. The lowest BCUT2D eigenvalue weighted by molar-refractivity contribution is -0.121. The molecule has 0 aliphatic heterocycles. The number of hydrogen-bond acceptors (Lipinski definition) is 6. The molecule has 26 heavy (non-hydrogen) atoms. The van der Waals surface area contributed by atoms with Gasteiger partial charge in [0.25, 0.3) is 0 Å². The molecule has 142 valence electrons. The van der Waals surface area contributed by atoms with Gasteiger partial charge in [0.05, 0.1) is 7.11 Å². The number of nitrogens with zero attached hydrogens (tertiary/aromatic N) is 2. The van der Waals surface area contributed by atoms with Crippen LogP contribution in [0, 0.1) is 5.92 Å². The molecule has 0 fully saturated rings. The van der Waals surface area contributed by atoms with E-state index in [4.69, 9.17) is 14.0 Å². The van der Waals surface area contributed by atoms with E-state index in [1.54, 1.807) is 7.11 Å². The van der Waals surface area contributed by atoms with Crippen LogP contribution in [0.25, 0.3) is 11.4 Å². The van der Waals surface area contributed by atoms with Crippen LogP contribution in [0.15, 0.2) is 28.8 Å². The van der Waals surface area contributed by atoms with Crippen molar-refractivity contribution in [3.63, 3.8) is 0 Å². The minimum absolute atomic E-state index is 0.0296. The fourth-order valence-electron chi connectivity index (χ4n) is 2.24. The van der Waals surface area contributed by atoms with Gasteiger partial charge in [-0.05, 0) is 36.6 Å². The largest absolute Gasteiger partial charge is 0.497 e. The molecule has 0 aliphatic carbocycles. The fraction of sp³-hybridized carbons (Fsp3) is 0.526. The maximum atomic E-state index is 11.8. The Bertz CT molecular complexity index is 668. The van der Waals surface area contributed by atoms with Gasteiger partial charge in [0.1, 0.15) is 5.75 Å². The normalized spacial score (nSPS) is 10.9. The van der Waals surface area contributed by atoms with E-state index in [9.17, 15) is 4.79 Å². The Labute approximate surface area is 154 Å². The molecule has 2 aromatic rings. The van der Waals surface area contributed by atoms with Crippen LogP contribution in [-0.2, 0) is 16.0 Å². The highest BCUT2D eigenvalue weighted by molar-refractivity contribution is 5.75. The topological polar surface area (TPSA) is 86.5 Å². The summed E-state index contributed by atoms with van der Waals surface area (Å²) in [6, 6.07) is 7.40. The smallest absolute Gasteiger partial charge is 0.227 e. The SMILES string of the molecule is COc1ccc(-c2noc(CCC(=O)NCCCOCC(C)C)n2)cc1. The van der Waals surface area contributed by atoms with Crippen molar-refractivity contribution in [2.45, 2.75) is 33.1 Å². The third kappa shape index (κ3) is 6.84. The predicted molar refractivity (Wildman–Crippen MR) is 97.9 cm³/mol. The molecule has 0 unspecified atom stereocenters. The van der Waals surface area contributed by atoms with Gasteiger partial charge in [-0.3, -0.25) is 4.79 Å². The van der Waals surface area contributed by atoms with Gasteiger partial charge in [-0.1, -0.05) is 19.0 Å². The van der Waals surface area contributed by atoms with E-state index in [-0.39, 0.29) is 5.91 Å². The number of methoxy groups -OCH3 is 1. The summed E-state index contributed by atoms with van der Waals surface area (Å²) in [7, 11) is 1.62. The lowest BCUT2D eigenvalue weighted by Crippen LogP contribution is -2.25. The molecule has 0 saturated heterocycles. The summed E-state index contributed by atoms with van der Waals surface area (Å²) in [5.74, 6) is 2.22. The van der Waals surface area contributed by atoms with Crippen molar-refractivity contribution >= 4 is 5.91 Å². The molecule has 0 saturated carbocycles. The quantitative estimate of drug-likeness (QED) is 0.619. The second kappa shape index (κ2) is 10.6. The van der Waals surface area contributed by atoms with Crippen LogP contribution >= 0.6 is 0 Å². The maximum Gasteiger partial charge on any atom is 0.227 e. The molecular formula is C19H27N3O4. The van der Waals surface area contributed by atoms with Gasteiger partial charge in [-0.2, -0.15) is 4.98 Å². The highest BCUT2D eigenvalue weighted by Gasteiger charge is 2.10. The Morgan fingerprint density at radius 3 is 2.73 bits per heavy atom. The molecule has 1 aromatic carbocycles. The number of hydrogen-bond donors (Lipinski definition) is 1. The molecule has 7 heteroatoms. The summed E-state index contributed by atoms with van der Waals surface area (Å²) >= 11 is 0. The first-order valence-corrected chi connectivity index (χ1v) is 8.90. The van der Waals surface area contributed by atoms with Gasteiger partial charge in [0.2, 0.25) is 17.6 Å². The van der Waals surface area contributed by atoms with Gasteiger partial charge in [-0.15, -0.1) is 0 Å². The van der Waals surface area contributed by atoms with E-state index in [1.807, 2.05) is 24.3 Å². The fourth-order valence-corrected chi connectivity index (χ4v) is 2.24. The third-order valence-electron chi connectivity index (χ3n) is 3.62. The standard InChI is InChI=1S/C19H27N3O4/c1-14(2)13-25-12-4-11-20-17(23)9-10-18-21-19(22-26-18)15-5-7-16(24-3)8-6-15/h5-8,14H,4,9-13H2,1-3H3,(H,20,23). The Morgan fingerprint density at radius 2 is 2.04 bits per heavy atom. The van der Waals surface area contributed by atoms with Crippen molar-refractivity contribution in [2.75, 3.05) is 26.9 Å². The third-order valence-corrected chi connectivity index (χ3v) is 3.62. The summed E-state index contributed by atoms with van der Waals surface area (Å²) < 4.78 is 15.8. The minimum atomic E-state index is -0.0296. The number of benzene rings is 1. The van der Waals surface area contributed by atoms with Crippen molar-refractivity contribution in [1.82, 2.24) is 15.5 Å². The number of nitrogens with one attached hydrogen (secondary N) is 1. The highest BCUT2D eigenvalue weighted by atomic mass is 16.5. The molecule has 2 rings (SSSR count). The monoisotopic (exact) mass is 361 g/mol. The van der Waals surface area contributed by atoms with Crippen LogP contribution < -0.4 is 10.1 Å². The lowest BCUT2D eigenvalue weighted by Gasteiger charge is -2.07. The van der Waals surface area contributed by atoms with Crippen LogP contribution in [-0.4, -0.2) is 42.9 Å². The van der Waals surface area contributed by atoms with E-state index in [0.717, 1.165) is 24.3 Å². The van der Waals surface area contributed by atoms with Gasteiger partial charge < -0.3 is 19.3 Å². The average Bonchev–Trinajstić information content (AvgIpc) is 3.11. The molecule has 0 bridgehead atoms. The van der Waals surface area contributed by atoms with Crippen LogP contribution in [0.5, 0.6) is 5.75 Å². The van der Waals surface area contributed by atoms with Crippen molar-refractivity contribution in [1.29, 1.82) is 0 Å². The summed E-state index contributed by atoms with van der Waals surface area (Å²) in [6.07, 6.45) is 1.54. The van der Waals surface area contributed by atoms with Crippen molar-refractivity contribution in [3.05, 3.63) is 30.2 Å². The minimum Gasteiger partial charge on any atom is -0.497 e. The van der Waals surface area contributed by atoms with Gasteiger partial charge in [0, 0.05) is 38.2 Å². The molecule has 1 N–H and O–H groups in total.